The third-order valence-electron chi connectivity index (χ3n) is 5.93. The van der Waals surface area contributed by atoms with E-state index in [0.717, 1.165) is 69.2 Å². The summed E-state index contributed by atoms with van der Waals surface area (Å²) in [5.41, 5.74) is 2.87. The quantitative estimate of drug-likeness (QED) is 0.795. The van der Waals surface area contributed by atoms with E-state index < -0.39 is 0 Å². The minimum absolute atomic E-state index is 0.119. The average Bonchev–Trinajstić information content (AvgIpc) is 3.08. The number of amides is 1. The second-order valence-corrected chi connectivity index (χ2v) is 7.78. The Balaban J connectivity index is 1.42. The third kappa shape index (κ3) is 4.47. The van der Waals surface area contributed by atoms with E-state index in [4.69, 9.17) is 4.74 Å². The summed E-state index contributed by atoms with van der Waals surface area (Å²) in [6, 6.07) is 10.2. The SMILES string of the molecule is COc1ccccc1N1CCN(c2cncc(C(=O)N3CCCCCC3)c2)CC1. The van der Waals surface area contributed by atoms with Gasteiger partial charge in [-0.3, -0.25) is 9.78 Å². The number of hydrogen-bond acceptors (Lipinski definition) is 5. The van der Waals surface area contributed by atoms with Gasteiger partial charge in [0, 0.05) is 45.5 Å². The lowest BCUT2D eigenvalue weighted by Gasteiger charge is -2.37. The summed E-state index contributed by atoms with van der Waals surface area (Å²) in [4.78, 5) is 24.0. The number of ether oxygens (including phenoxy) is 1. The fourth-order valence-corrected chi connectivity index (χ4v) is 4.27. The van der Waals surface area contributed by atoms with Gasteiger partial charge in [-0.15, -0.1) is 0 Å². The molecule has 2 aromatic rings. The molecule has 29 heavy (non-hydrogen) atoms. The minimum atomic E-state index is 0.119. The summed E-state index contributed by atoms with van der Waals surface area (Å²) < 4.78 is 5.51. The van der Waals surface area contributed by atoms with Crippen LogP contribution in [0.15, 0.2) is 42.7 Å². The highest BCUT2D eigenvalue weighted by Crippen LogP contribution is 2.29. The van der Waals surface area contributed by atoms with Gasteiger partial charge in [-0.05, 0) is 31.0 Å². The highest BCUT2D eigenvalue weighted by atomic mass is 16.5. The van der Waals surface area contributed by atoms with Crippen molar-refractivity contribution in [2.24, 2.45) is 0 Å². The Morgan fingerprint density at radius 1 is 0.897 bits per heavy atom. The average molecular weight is 395 g/mol. The number of likely N-dealkylation sites (tertiary alicyclic amines) is 1. The lowest BCUT2D eigenvalue weighted by molar-refractivity contribution is 0.0761. The predicted molar refractivity (Wildman–Crippen MR) is 116 cm³/mol. The van der Waals surface area contributed by atoms with Crippen LogP contribution >= 0.6 is 0 Å². The molecule has 0 aliphatic carbocycles. The summed E-state index contributed by atoms with van der Waals surface area (Å²) in [6.45, 7) is 5.32. The number of benzene rings is 1. The van der Waals surface area contributed by atoms with E-state index in [1.54, 1.807) is 13.3 Å². The van der Waals surface area contributed by atoms with Crippen molar-refractivity contribution < 1.29 is 9.53 Å². The van der Waals surface area contributed by atoms with Gasteiger partial charge in [-0.2, -0.15) is 0 Å². The molecule has 0 saturated carbocycles. The lowest BCUT2D eigenvalue weighted by Crippen LogP contribution is -2.46. The number of rotatable bonds is 4. The highest BCUT2D eigenvalue weighted by Gasteiger charge is 2.22. The van der Waals surface area contributed by atoms with Crippen LogP contribution in [0.3, 0.4) is 0 Å². The van der Waals surface area contributed by atoms with Crippen LogP contribution in [0.5, 0.6) is 5.75 Å². The molecule has 6 nitrogen and oxygen atoms in total. The van der Waals surface area contributed by atoms with Crippen LogP contribution in [-0.2, 0) is 0 Å². The number of nitrogens with zero attached hydrogens (tertiary/aromatic N) is 4. The molecule has 0 spiro atoms. The minimum Gasteiger partial charge on any atom is -0.495 e. The van der Waals surface area contributed by atoms with Crippen LogP contribution < -0.4 is 14.5 Å². The standard InChI is InChI=1S/C23H30N4O2/c1-29-22-9-5-4-8-21(22)26-14-12-25(13-15-26)20-16-19(17-24-18-20)23(28)27-10-6-2-3-7-11-27/h4-5,8-9,16-18H,2-3,6-7,10-15H2,1H3. The normalized spacial score (nSPS) is 17.8. The first-order valence-corrected chi connectivity index (χ1v) is 10.6. The van der Waals surface area contributed by atoms with Gasteiger partial charge in [0.1, 0.15) is 5.75 Å². The van der Waals surface area contributed by atoms with Gasteiger partial charge >= 0.3 is 0 Å². The maximum absolute atomic E-state index is 12.9. The van der Waals surface area contributed by atoms with Crippen LogP contribution in [0.2, 0.25) is 0 Å². The first kappa shape index (κ1) is 19.6. The zero-order valence-electron chi connectivity index (χ0n) is 17.2. The highest BCUT2D eigenvalue weighted by molar-refractivity contribution is 5.94. The zero-order valence-corrected chi connectivity index (χ0v) is 17.2. The molecular weight excluding hydrogens is 364 g/mol. The largest absolute Gasteiger partial charge is 0.495 e. The van der Waals surface area contributed by atoms with Gasteiger partial charge in [0.15, 0.2) is 0 Å². The molecule has 3 heterocycles. The van der Waals surface area contributed by atoms with Gasteiger partial charge in [-0.1, -0.05) is 25.0 Å². The molecule has 2 fully saturated rings. The summed E-state index contributed by atoms with van der Waals surface area (Å²) in [6.07, 6.45) is 8.23. The molecule has 0 N–H and O–H groups in total. The molecule has 0 radical (unpaired) electrons. The predicted octanol–water partition coefficient (Wildman–Crippen LogP) is 3.43. The lowest BCUT2D eigenvalue weighted by atomic mass is 10.2. The van der Waals surface area contributed by atoms with Crippen molar-refractivity contribution in [2.45, 2.75) is 25.7 Å². The molecule has 2 saturated heterocycles. The molecular formula is C23H30N4O2. The van der Waals surface area contributed by atoms with Crippen molar-refractivity contribution in [2.75, 3.05) is 56.2 Å². The molecule has 2 aliphatic heterocycles. The molecule has 0 bridgehead atoms. The monoisotopic (exact) mass is 394 g/mol. The van der Waals surface area contributed by atoms with Gasteiger partial charge in [0.05, 0.1) is 30.2 Å². The van der Waals surface area contributed by atoms with E-state index in [2.05, 4.69) is 20.9 Å². The maximum Gasteiger partial charge on any atom is 0.255 e. The molecule has 4 rings (SSSR count). The summed E-state index contributed by atoms with van der Waals surface area (Å²) in [7, 11) is 1.72. The Hall–Kier alpha value is -2.76. The van der Waals surface area contributed by atoms with Crippen LogP contribution in [0, 0.1) is 0 Å². The van der Waals surface area contributed by atoms with Crippen molar-refractivity contribution >= 4 is 17.3 Å². The number of piperazine rings is 1. The van der Waals surface area contributed by atoms with E-state index in [1.807, 2.05) is 35.4 Å². The Morgan fingerprint density at radius 3 is 2.31 bits per heavy atom. The van der Waals surface area contributed by atoms with E-state index in [0.29, 0.717) is 5.56 Å². The topological polar surface area (TPSA) is 48.9 Å². The maximum atomic E-state index is 12.9. The van der Waals surface area contributed by atoms with Crippen LogP contribution in [0.4, 0.5) is 11.4 Å². The number of pyridine rings is 1. The molecule has 1 aromatic carbocycles. The smallest absolute Gasteiger partial charge is 0.255 e. The van der Waals surface area contributed by atoms with Crippen molar-refractivity contribution in [1.82, 2.24) is 9.88 Å². The Morgan fingerprint density at radius 2 is 1.59 bits per heavy atom. The molecule has 1 amide bonds. The van der Waals surface area contributed by atoms with Gasteiger partial charge in [0.25, 0.3) is 5.91 Å². The second kappa shape index (κ2) is 9.16. The summed E-state index contributed by atoms with van der Waals surface area (Å²) in [5.74, 6) is 1.03. The number of carbonyl (C=O) groups is 1. The van der Waals surface area contributed by atoms with Gasteiger partial charge in [-0.25, -0.2) is 0 Å². The number of para-hydroxylation sites is 2. The summed E-state index contributed by atoms with van der Waals surface area (Å²) in [5, 5.41) is 0. The molecule has 6 heteroatoms. The van der Waals surface area contributed by atoms with Crippen molar-refractivity contribution in [1.29, 1.82) is 0 Å². The number of carbonyl (C=O) groups excluding carboxylic acids is 1. The number of aromatic nitrogens is 1. The van der Waals surface area contributed by atoms with Crippen LogP contribution in [-0.4, -0.2) is 62.2 Å². The van der Waals surface area contributed by atoms with Gasteiger partial charge in [0.2, 0.25) is 0 Å². The Bertz CT molecular complexity index is 825. The molecule has 1 aromatic heterocycles. The fraction of sp³-hybridized carbons (Fsp3) is 0.478. The number of anilines is 2. The summed E-state index contributed by atoms with van der Waals surface area (Å²) >= 11 is 0. The first-order valence-electron chi connectivity index (χ1n) is 10.6. The Labute approximate surface area is 173 Å². The molecule has 0 unspecified atom stereocenters. The van der Waals surface area contributed by atoms with Gasteiger partial charge < -0.3 is 19.4 Å². The van der Waals surface area contributed by atoms with Crippen LogP contribution in [0.25, 0.3) is 0 Å². The van der Waals surface area contributed by atoms with Crippen molar-refractivity contribution in [3.63, 3.8) is 0 Å². The number of hydrogen-bond donors (Lipinski definition) is 0. The first-order chi connectivity index (χ1) is 14.3. The zero-order chi connectivity index (χ0) is 20.1. The van der Waals surface area contributed by atoms with E-state index in [-0.39, 0.29) is 5.91 Å². The van der Waals surface area contributed by atoms with Crippen LogP contribution in [0.1, 0.15) is 36.0 Å². The second-order valence-electron chi connectivity index (χ2n) is 7.78. The molecule has 0 atom stereocenters. The molecule has 154 valence electrons. The van der Waals surface area contributed by atoms with Crippen molar-refractivity contribution in [3.8, 4) is 5.75 Å². The number of methoxy groups -OCH3 is 1. The fourth-order valence-electron chi connectivity index (χ4n) is 4.27. The van der Waals surface area contributed by atoms with E-state index in [9.17, 15) is 4.79 Å². The van der Waals surface area contributed by atoms with E-state index >= 15 is 0 Å². The Kier molecular flexibility index (Phi) is 6.17. The molecule has 2 aliphatic rings. The van der Waals surface area contributed by atoms with Crippen molar-refractivity contribution in [3.05, 3.63) is 48.3 Å². The third-order valence-corrected chi connectivity index (χ3v) is 5.93. The van der Waals surface area contributed by atoms with E-state index in [1.165, 1.54) is 12.8 Å².